The lowest BCUT2D eigenvalue weighted by Gasteiger charge is -2.36. The van der Waals surface area contributed by atoms with E-state index in [0.717, 1.165) is 59.2 Å². The van der Waals surface area contributed by atoms with E-state index >= 15 is 0 Å². The highest BCUT2D eigenvalue weighted by Gasteiger charge is 2.30. The Hall–Kier alpha value is -4.17. The average molecular weight is 537 g/mol. The van der Waals surface area contributed by atoms with E-state index in [1.165, 1.54) is 25.9 Å². The van der Waals surface area contributed by atoms with Gasteiger partial charge in [0.1, 0.15) is 0 Å². The highest BCUT2D eigenvalue weighted by atomic mass is 16.2. The largest absolute Gasteiger partial charge is 0.338 e. The lowest BCUT2D eigenvalue weighted by Crippen LogP contribution is -2.45. The summed E-state index contributed by atoms with van der Waals surface area (Å²) < 4.78 is 2.10. The number of urea groups is 1. The van der Waals surface area contributed by atoms with Gasteiger partial charge in [-0.2, -0.15) is 0 Å². The van der Waals surface area contributed by atoms with Gasteiger partial charge >= 0.3 is 6.03 Å². The number of likely N-dealkylation sites (tertiary alicyclic amines) is 2. The van der Waals surface area contributed by atoms with E-state index in [1.807, 2.05) is 66.6 Å². The van der Waals surface area contributed by atoms with Crippen LogP contribution in [0.25, 0.3) is 16.6 Å². The number of aromatic nitrogens is 2. The Morgan fingerprint density at radius 2 is 1.77 bits per heavy atom. The van der Waals surface area contributed by atoms with Crippen molar-refractivity contribution in [3.63, 3.8) is 0 Å². The van der Waals surface area contributed by atoms with Crippen LogP contribution in [0.1, 0.15) is 47.2 Å². The Bertz CT molecular complexity index is 1500. The molecule has 40 heavy (non-hydrogen) atoms. The summed E-state index contributed by atoms with van der Waals surface area (Å²) in [6.07, 6.45) is 10.1. The van der Waals surface area contributed by atoms with Crippen molar-refractivity contribution in [1.82, 2.24) is 24.7 Å². The fourth-order valence-corrected chi connectivity index (χ4v) is 6.12. The van der Waals surface area contributed by atoms with Crippen molar-refractivity contribution in [1.29, 1.82) is 0 Å². The quantitative estimate of drug-likeness (QED) is 0.348. The van der Waals surface area contributed by atoms with Gasteiger partial charge in [0.15, 0.2) is 0 Å². The Labute approximate surface area is 235 Å². The maximum Gasteiger partial charge on any atom is 0.319 e. The third kappa shape index (κ3) is 5.45. The van der Waals surface area contributed by atoms with Gasteiger partial charge < -0.3 is 25.0 Å². The first kappa shape index (κ1) is 26.1. The number of pyridine rings is 1. The van der Waals surface area contributed by atoms with Crippen LogP contribution < -0.4 is 10.6 Å². The number of hydrogen-bond donors (Lipinski definition) is 2. The number of nitrogens with one attached hydrogen (secondary N) is 2. The van der Waals surface area contributed by atoms with E-state index in [0.29, 0.717) is 18.3 Å². The summed E-state index contributed by atoms with van der Waals surface area (Å²) in [7, 11) is 0. The van der Waals surface area contributed by atoms with Gasteiger partial charge in [0, 0.05) is 61.0 Å². The number of carbonyl (C=O) groups excluding carboxylic acids is 2. The minimum Gasteiger partial charge on any atom is -0.338 e. The normalized spacial score (nSPS) is 16.4. The molecule has 0 bridgehead atoms. The molecule has 0 saturated carbocycles. The number of nitrogens with zero attached hydrogens (tertiary/aromatic N) is 4. The first-order valence-electron chi connectivity index (χ1n) is 14.2. The van der Waals surface area contributed by atoms with Gasteiger partial charge in [-0.05, 0) is 87.2 Å². The van der Waals surface area contributed by atoms with Gasteiger partial charge in [-0.15, -0.1) is 0 Å². The number of amides is 3. The lowest BCUT2D eigenvalue weighted by atomic mass is 10.0. The first-order valence-corrected chi connectivity index (χ1v) is 14.2. The van der Waals surface area contributed by atoms with E-state index in [1.54, 1.807) is 12.4 Å². The number of anilines is 1. The zero-order chi connectivity index (χ0) is 27.5. The van der Waals surface area contributed by atoms with E-state index in [-0.39, 0.29) is 11.9 Å². The van der Waals surface area contributed by atoms with Crippen LogP contribution in [0.4, 0.5) is 10.5 Å². The average Bonchev–Trinajstić information content (AvgIpc) is 3.66. The van der Waals surface area contributed by atoms with Crippen molar-refractivity contribution in [3.05, 3.63) is 89.9 Å². The molecule has 8 heteroatoms. The second-order valence-corrected chi connectivity index (χ2v) is 10.9. The van der Waals surface area contributed by atoms with Crippen molar-refractivity contribution in [2.24, 2.45) is 0 Å². The molecule has 2 saturated heterocycles. The van der Waals surface area contributed by atoms with E-state index < -0.39 is 0 Å². The maximum absolute atomic E-state index is 13.8. The molecule has 2 aromatic carbocycles. The van der Waals surface area contributed by atoms with Gasteiger partial charge in [-0.1, -0.05) is 24.3 Å². The highest BCUT2D eigenvalue weighted by Crippen LogP contribution is 2.30. The third-order valence-electron chi connectivity index (χ3n) is 8.24. The van der Waals surface area contributed by atoms with Crippen LogP contribution in [0.15, 0.2) is 73.2 Å². The molecular weight excluding hydrogens is 500 g/mol. The maximum atomic E-state index is 13.8. The molecule has 2 aliphatic heterocycles. The summed E-state index contributed by atoms with van der Waals surface area (Å²) in [5.74, 6) is 0.107. The van der Waals surface area contributed by atoms with Crippen LogP contribution in [0.2, 0.25) is 0 Å². The Morgan fingerprint density at radius 1 is 0.975 bits per heavy atom. The summed E-state index contributed by atoms with van der Waals surface area (Å²) in [6, 6.07) is 18.0. The molecule has 2 aliphatic rings. The van der Waals surface area contributed by atoms with Crippen LogP contribution >= 0.6 is 0 Å². The van der Waals surface area contributed by atoms with Gasteiger partial charge in [0.05, 0.1) is 11.1 Å². The van der Waals surface area contributed by atoms with E-state index in [4.69, 9.17) is 0 Å². The molecule has 0 radical (unpaired) electrons. The second kappa shape index (κ2) is 11.5. The lowest BCUT2D eigenvalue weighted by molar-refractivity contribution is 0.0646. The number of para-hydroxylation sites is 1. The minimum atomic E-state index is -0.274. The molecule has 0 unspecified atom stereocenters. The monoisotopic (exact) mass is 536 g/mol. The number of aryl methyl sites for hydroxylation is 1. The van der Waals surface area contributed by atoms with Crippen molar-refractivity contribution in [2.75, 3.05) is 31.5 Å². The molecule has 4 aromatic rings. The van der Waals surface area contributed by atoms with Crippen LogP contribution in [-0.4, -0.2) is 63.5 Å². The number of benzene rings is 2. The topological polar surface area (TPSA) is 82.5 Å². The molecule has 8 nitrogen and oxygen atoms in total. The first-order chi connectivity index (χ1) is 19.6. The van der Waals surface area contributed by atoms with E-state index in [2.05, 4.69) is 31.2 Å². The fourth-order valence-electron chi connectivity index (χ4n) is 6.12. The predicted octanol–water partition coefficient (Wildman–Crippen LogP) is 5.36. The Balaban J connectivity index is 1.18. The van der Waals surface area contributed by atoms with Gasteiger partial charge in [-0.25, -0.2) is 4.79 Å². The fraction of sp³-hybridized carbons (Fsp3) is 0.344. The van der Waals surface area contributed by atoms with Gasteiger partial charge in [0.2, 0.25) is 0 Å². The molecule has 0 spiro atoms. The summed E-state index contributed by atoms with van der Waals surface area (Å²) in [6.45, 7) is 6.45. The molecule has 3 amide bonds. The van der Waals surface area contributed by atoms with Crippen molar-refractivity contribution in [3.8, 4) is 5.69 Å². The summed E-state index contributed by atoms with van der Waals surface area (Å²) in [5.41, 5.74) is 5.35. The SMILES string of the molecule is Cc1cc(NC(=O)NCc2cccnc2)ccc1-n1cc(C(=O)N2CCC(N3CCCC3)CC2)c2ccccc21. The van der Waals surface area contributed by atoms with Gasteiger partial charge in [0.25, 0.3) is 5.91 Å². The molecule has 2 aromatic heterocycles. The summed E-state index contributed by atoms with van der Waals surface area (Å²) in [5, 5.41) is 6.74. The number of hydrogen-bond acceptors (Lipinski definition) is 4. The van der Waals surface area contributed by atoms with Crippen LogP contribution in [0.5, 0.6) is 0 Å². The Morgan fingerprint density at radius 3 is 2.52 bits per heavy atom. The predicted molar refractivity (Wildman–Crippen MR) is 158 cm³/mol. The molecular formula is C32H36N6O2. The standard InChI is InChI=1S/C32H36N6O2/c1-23-19-25(35-32(40)34-21-24-7-6-14-33-20-24)10-11-29(23)38-22-28(27-8-2-3-9-30(27)38)31(39)37-17-12-26(13-18-37)36-15-4-5-16-36/h2-3,6-11,14,19-20,22,26H,4-5,12-13,15-18,21H2,1H3,(H2,34,35,40). The molecule has 2 fully saturated rings. The molecule has 0 aliphatic carbocycles. The van der Waals surface area contributed by atoms with Crippen molar-refractivity contribution in [2.45, 2.75) is 45.2 Å². The number of carbonyl (C=O) groups is 2. The van der Waals surface area contributed by atoms with Gasteiger partial charge in [-0.3, -0.25) is 9.78 Å². The molecule has 4 heterocycles. The number of piperidine rings is 1. The zero-order valence-electron chi connectivity index (χ0n) is 23.0. The molecule has 2 N–H and O–H groups in total. The van der Waals surface area contributed by atoms with Crippen molar-refractivity contribution < 1.29 is 9.59 Å². The third-order valence-corrected chi connectivity index (χ3v) is 8.24. The van der Waals surface area contributed by atoms with E-state index in [9.17, 15) is 9.59 Å². The molecule has 6 rings (SSSR count). The zero-order valence-corrected chi connectivity index (χ0v) is 23.0. The summed E-state index contributed by atoms with van der Waals surface area (Å²) >= 11 is 0. The van der Waals surface area contributed by atoms with Crippen molar-refractivity contribution >= 4 is 28.5 Å². The number of rotatable bonds is 6. The smallest absolute Gasteiger partial charge is 0.319 e. The van der Waals surface area contributed by atoms with Crippen LogP contribution in [-0.2, 0) is 6.54 Å². The molecule has 206 valence electrons. The minimum absolute atomic E-state index is 0.107. The molecule has 0 atom stereocenters. The van der Waals surface area contributed by atoms with Crippen LogP contribution in [0.3, 0.4) is 0 Å². The van der Waals surface area contributed by atoms with Crippen LogP contribution in [0, 0.1) is 6.92 Å². The Kier molecular flexibility index (Phi) is 7.51. The number of fused-ring (bicyclic) bond motifs is 1. The second-order valence-electron chi connectivity index (χ2n) is 10.9. The summed E-state index contributed by atoms with van der Waals surface area (Å²) in [4.78, 5) is 34.9. The highest BCUT2D eigenvalue weighted by molar-refractivity contribution is 6.07.